The van der Waals surface area contributed by atoms with Crippen LogP contribution < -0.4 is 0 Å². The van der Waals surface area contributed by atoms with E-state index in [9.17, 15) is 0 Å². The van der Waals surface area contributed by atoms with Crippen LogP contribution in [0.25, 0.3) is 28.2 Å². The summed E-state index contributed by atoms with van der Waals surface area (Å²) in [7, 11) is 0. The van der Waals surface area contributed by atoms with Crippen LogP contribution in [-0.2, 0) is 0 Å². The summed E-state index contributed by atoms with van der Waals surface area (Å²) in [6.07, 6.45) is 3.97. The van der Waals surface area contributed by atoms with Crippen LogP contribution in [0.5, 0.6) is 0 Å². The summed E-state index contributed by atoms with van der Waals surface area (Å²) >= 11 is 0. The van der Waals surface area contributed by atoms with Crippen molar-refractivity contribution in [3.63, 3.8) is 0 Å². The van der Waals surface area contributed by atoms with E-state index in [4.69, 9.17) is 0 Å². The summed E-state index contributed by atoms with van der Waals surface area (Å²) in [4.78, 5) is 4.59. The minimum absolute atomic E-state index is 0.303. The number of aromatic amines is 1. The summed E-state index contributed by atoms with van der Waals surface area (Å²) < 4.78 is 2.04. The summed E-state index contributed by atoms with van der Waals surface area (Å²) in [5, 5.41) is 15.9. The highest BCUT2D eigenvalue weighted by atomic mass is 15.2. The lowest BCUT2D eigenvalue weighted by Crippen LogP contribution is -1.97. The maximum atomic E-state index is 4.59. The van der Waals surface area contributed by atoms with E-state index < -0.39 is 0 Å². The van der Waals surface area contributed by atoms with Crippen LogP contribution in [0.4, 0.5) is 0 Å². The zero-order valence-corrected chi connectivity index (χ0v) is 13.9. The Balaban J connectivity index is 1.87. The highest BCUT2D eigenvalue weighted by Gasteiger charge is 2.15. The third-order valence-corrected chi connectivity index (χ3v) is 4.03. The first kappa shape index (κ1) is 14.6. The standard InChI is InChI=1S/C18H18N6/c1-11(2)18-23-21-16-8-7-13(10-24(16)18)14-9-19-22-17(14)15-6-4-5-12(3)20-15/h4-11H,1-3H3,(H,19,22). The molecule has 4 aromatic heterocycles. The normalized spacial score (nSPS) is 11.5. The Morgan fingerprint density at radius 1 is 1.08 bits per heavy atom. The molecule has 6 nitrogen and oxygen atoms in total. The average molecular weight is 318 g/mol. The molecule has 0 aliphatic carbocycles. The van der Waals surface area contributed by atoms with Crippen LogP contribution in [0.1, 0.15) is 31.3 Å². The van der Waals surface area contributed by atoms with Gasteiger partial charge in [0.2, 0.25) is 0 Å². The molecule has 4 aromatic rings. The molecule has 0 aliphatic rings. The van der Waals surface area contributed by atoms with Gasteiger partial charge in [0.25, 0.3) is 0 Å². The molecule has 0 saturated carbocycles. The van der Waals surface area contributed by atoms with Crippen LogP contribution in [0.15, 0.2) is 42.7 Å². The van der Waals surface area contributed by atoms with Gasteiger partial charge in [0.1, 0.15) is 11.5 Å². The molecule has 120 valence electrons. The van der Waals surface area contributed by atoms with Crippen molar-refractivity contribution in [3.8, 4) is 22.5 Å². The van der Waals surface area contributed by atoms with Gasteiger partial charge in [0.15, 0.2) is 5.65 Å². The molecule has 1 N–H and O–H groups in total. The summed E-state index contributed by atoms with van der Waals surface area (Å²) in [5.74, 6) is 1.25. The third kappa shape index (κ3) is 2.36. The monoisotopic (exact) mass is 318 g/mol. The first-order chi connectivity index (χ1) is 11.6. The van der Waals surface area contributed by atoms with Crippen molar-refractivity contribution in [1.82, 2.24) is 29.8 Å². The molecule has 0 radical (unpaired) electrons. The molecule has 0 atom stereocenters. The Kier molecular flexibility index (Phi) is 3.37. The Hall–Kier alpha value is -3.02. The molecule has 4 rings (SSSR count). The lowest BCUT2D eigenvalue weighted by atomic mass is 10.1. The number of hydrogen-bond acceptors (Lipinski definition) is 4. The lowest BCUT2D eigenvalue weighted by molar-refractivity contribution is 0.759. The quantitative estimate of drug-likeness (QED) is 0.626. The predicted molar refractivity (Wildman–Crippen MR) is 92.6 cm³/mol. The van der Waals surface area contributed by atoms with Gasteiger partial charge in [-0.1, -0.05) is 19.9 Å². The highest BCUT2D eigenvalue weighted by molar-refractivity contribution is 5.78. The molecule has 24 heavy (non-hydrogen) atoms. The lowest BCUT2D eigenvalue weighted by Gasteiger charge is -2.06. The Bertz CT molecular complexity index is 1010. The van der Waals surface area contributed by atoms with Crippen molar-refractivity contribution in [2.24, 2.45) is 0 Å². The van der Waals surface area contributed by atoms with Crippen molar-refractivity contribution in [2.75, 3.05) is 0 Å². The second-order valence-corrected chi connectivity index (χ2v) is 6.17. The number of aromatic nitrogens is 6. The fourth-order valence-electron chi connectivity index (χ4n) is 2.84. The molecule has 0 bridgehead atoms. The molecule has 0 saturated heterocycles. The fraction of sp³-hybridized carbons (Fsp3) is 0.222. The summed E-state index contributed by atoms with van der Waals surface area (Å²) in [6.45, 7) is 6.21. The van der Waals surface area contributed by atoms with Crippen molar-refractivity contribution in [2.45, 2.75) is 26.7 Å². The SMILES string of the molecule is Cc1cccc(-c2n[nH]cc2-c2ccc3nnc(C(C)C)n3c2)n1. The van der Waals surface area contributed by atoms with Gasteiger partial charge in [-0.3, -0.25) is 14.5 Å². The van der Waals surface area contributed by atoms with Gasteiger partial charge in [-0.2, -0.15) is 5.10 Å². The van der Waals surface area contributed by atoms with Gasteiger partial charge in [0.05, 0.1) is 5.69 Å². The molecule has 0 amide bonds. The van der Waals surface area contributed by atoms with Crippen molar-refractivity contribution in [3.05, 3.63) is 54.2 Å². The Morgan fingerprint density at radius 3 is 2.75 bits per heavy atom. The average Bonchev–Trinajstić information content (AvgIpc) is 3.21. The van der Waals surface area contributed by atoms with Gasteiger partial charge < -0.3 is 0 Å². The van der Waals surface area contributed by atoms with Crippen LogP contribution >= 0.6 is 0 Å². The van der Waals surface area contributed by atoms with E-state index >= 15 is 0 Å². The fourth-order valence-corrected chi connectivity index (χ4v) is 2.84. The topological polar surface area (TPSA) is 71.8 Å². The number of H-pyrrole nitrogens is 1. The molecule has 0 aromatic carbocycles. The first-order valence-electron chi connectivity index (χ1n) is 7.96. The minimum atomic E-state index is 0.303. The van der Waals surface area contributed by atoms with E-state index in [2.05, 4.69) is 45.4 Å². The van der Waals surface area contributed by atoms with Gasteiger partial charge in [-0.25, -0.2) is 0 Å². The number of nitrogens with zero attached hydrogens (tertiary/aromatic N) is 5. The molecule has 0 unspecified atom stereocenters. The number of hydrogen-bond donors (Lipinski definition) is 1. The van der Waals surface area contributed by atoms with Crippen molar-refractivity contribution >= 4 is 5.65 Å². The number of nitrogens with one attached hydrogen (secondary N) is 1. The Morgan fingerprint density at radius 2 is 1.96 bits per heavy atom. The van der Waals surface area contributed by atoms with E-state index in [-0.39, 0.29) is 0 Å². The molecule has 0 fully saturated rings. The van der Waals surface area contributed by atoms with E-state index in [1.54, 1.807) is 0 Å². The van der Waals surface area contributed by atoms with Crippen molar-refractivity contribution < 1.29 is 0 Å². The van der Waals surface area contributed by atoms with E-state index in [0.29, 0.717) is 5.92 Å². The van der Waals surface area contributed by atoms with Crippen LogP contribution in [0.3, 0.4) is 0 Å². The zero-order valence-electron chi connectivity index (χ0n) is 13.9. The highest BCUT2D eigenvalue weighted by Crippen LogP contribution is 2.29. The van der Waals surface area contributed by atoms with Crippen LogP contribution in [-0.4, -0.2) is 29.8 Å². The zero-order chi connectivity index (χ0) is 16.7. The van der Waals surface area contributed by atoms with E-state index in [1.807, 2.05) is 47.9 Å². The summed E-state index contributed by atoms with van der Waals surface area (Å²) in [6, 6.07) is 9.97. The molecule has 6 heteroatoms. The van der Waals surface area contributed by atoms with Crippen LogP contribution in [0.2, 0.25) is 0 Å². The predicted octanol–water partition coefficient (Wildman–Crippen LogP) is 3.61. The molecular formula is C18H18N6. The molecule has 0 aliphatic heterocycles. The number of pyridine rings is 2. The number of fused-ring (bicyclic) bond motifs is 1. The maximum Gasteiger partial charge on any atom is 0.160 e. The molecular weight excluding hydrogens is 300 g/mol. The van der Waals surface area contributed by atoms with Gasteiger partial charge in [-0.15, -0.1) is 10.2 Å². The third-order valence-electron chi connectivity index (χ3n) is 4.03. The second-order valence-electron chi connectivity index (χ2n) is 6.17. The minimum Gasteiger partial charge on any atom is -0.286 e. The van der Waals surface area contributed by atoms with Gasteiger partial charge in [0, 0.05) is 35.1 Å². The van der Waals surface area contributed by atoms with Gasteiger partial charge in [-0.05, 0) is 31.2 Å². The van der Waals surface area contributed by atoms with E-state index in [0.717, 1.165) is 39.7 Å². The summed E-state index contributed by atoms with van der Waals surface area (Å²) in [5.41, 5.74) is 5.59. The number of rotatable bonds is 3. The largest absolute Gasteiger partial charge is 0.286 e. The molecule has 4 heterocycles. The second kappa shape index (κ2) is 5.56. The van der Waals surface area contributed by atoms with Crippen LogP contribution in [0, 0.1) is 6.92 Å². The smallest absolute Gasteiger partial charge is 0.160 e. The first-order valence-corrected chi connectivity index (χ1v) is 7.96. The van der Waals surface area contributed by atoms with Crippen molar-refractivity contribution in [1.29, 1.82) is 0 Å². The van der Waals surface area contributed by atoms with E-state index in [1.165, 1.54) is 0 Å². The maximum absolute atomic E-state index is 4.59. The number of aryl methyl sites for hydroxylation is 1. The van der Waals surface area contributed by atoms with Gasteiger partial charge >= 0.3 is 0 Å². The Labute approximate surface area is 139 Å². The molecule has 0 spiro atoms.